The highest BCUT2D eigenvalue weighted by molar-refractivity contribution is 6.45. The molecule has 68 valence electrons. The van der Waals surface area contributed by atoms with Crippen molar-refractivity contribution in [1.82, 2.24) is 4.81 Å². The lowest BCUT2D eigenvalue weighted by Crippen LogP contribution is -2.51. The lowest BCUT2D eigenvalue weighted by molar-refractivity contribution is -0.142. The molecule has 12 heavy (non-hydrogen) atoms. The van der Waals surface area contributed by atoms with Gasteiger partial charge in [-0.15, -0.1) is 0 Å². The van der Waals surface area contributed by atoms with Gasteiger partial charge in [0.2, 0.25) is 0 Å². The minimum atomic E-state index is -0.824. The molecule has 0 radical (unpaired) electrons. The summed E-state index contributed by atoms with van der Waals surface area (Å²) in [5.41, 5.74) is 0. The van der Waals surface area contributed by atoms with Crippen LogP contribution in [0.1, 0.15) is 19.3 Å². The van der Waals surface area contributed by atoms with Crippen LogP contribution in [0.5, 0.6) is 0 Å². The van der Waals surface area contributed by atoms with E-state index in [1.165, 1.54) is 0 Å². The summed E-state index contributed by atoms with van der Waals surface area (Å²) in [4.78, 5) is 12.3. The topological polar surface area (TPSA) is 60.8 Å². The Labute approximate surface area is 72.3 Å². The van der Waals surface area contributed by atoms with E-state index in [1.54, 1.807) is 11.6 Å². The fraction of sp³-hybridized carbons (Fsp3) is 0.857. The Kier molecular flexibility index (Phi) is 3.11. The number of hydrogen-bond acceptors (Lipinski definition) is 3. The molecule has 5 heteroatoms. The fourth-order valence-corrected chi connectivity index (χ4v) is 1.67. The second kappa shape index (κ2) is 3.91. The highest BCUT2D eigenvalue weighted by atomic mass is 16.4. The quantitative estimate of drug-likeness (QED) is 0.575. The Balaban J connectivity index is 2.60. The second-order valence-electron chi connectivity index (χ2n) is 3.22. The smallest absolute Gasteiger partial charge is 0.377 e. The molecule has 0 bridgehead atoms. The monoisotopic (exact) mass is 171 g/mol. The normalized spacial score (nSPS) is 25.3. The van der Waals surface area contributed by atoms with Crippen LogP contribution >= 0.6 is 0 Å². The first-order valence-electron chi connectivity index (χ1n) is 4.29. The molecule has 1 rings (SSSR count). The molecule has 1 fully saturated rings. The molecule has 2 N–H and O–H groups in total. The summed E-state index contributed by atoms with van der Waals surface area (Å²) in [6, 6.07) is -0.487. The molecule has 0 spiro atoms. The summed E-state index contributed by atoms with van der Waals surface area (Å²) >= 11 is 0. The fourth-order valence-electron chi connectivity index (χ4n) is 1.67. The number of carboxylic acids is 1. The molecular formula is C7H14BNO3. The van der Waals surface area contributed by atoms with Gasteiger partial charge in [-0.3, -0.25) is 4.79 Å². The van der Waals surface area contributed by atoms with Gasteiger partial charge in [-0.25, -0.2) is 0 Å². The van der Waals surface area contributed by atoms with Crippen LogP contribution in [-0.4, -0.2) is 40.5 Å². The number of piperidine rings is 1. The molecular weight excluding hydrogens is 157 g/mol. The van der Waals surface area contributed by atoms with Gasteiger partial charge < -0.3 is 14.9 Å². The molecule has 1 saturated heterocycles. The summed E-state index contributed by atoms with van der Waals surface area (Å²) in [6.45, 7) is 2.30. The minimum Gasteiger partial charge on any atom is -0.480 e. The Morgan fingerprint density at radius 1 is 1.58 bits per heavy atom. The zero-order chi connectivity index (χ0) is 9.14. The van der Waals surface area contributed by atoms with E-state index in [-0.39, 0.29) is 0 Å². The van der Waals surface area contributed by atoms with Crippen molar-refractivity contribution < 1.29 is 14.9 Å². The number of nitrogens with zero attached hydrogens (tertiary/aromatic N) is 1. The standard InChI is InChI=1S/C7H14BNO3/c1-8(12)9-5-3-2-4-6(9)7(10)11/h6,12H,2-5H2,1H3,(H,10,11)/t6-/m0/s1. The van der Waals surface area contributed by atoms with E-state index in [9.17, 15) is 9.82 Å². The summed E-state index contributed by atoms with van der Waals surface area (Å²) in [5, 5.41) is 18.1. The van der Waals surface area contributed by atoms with Crippen molar-refractivity contribution in [2.24, 2.45) is 0 Å². The van der Waals surface area contributed by atoms with Gasteiger partial charge in [0.1, 0.15) is 6.04 Å². The molecule has 1 atom stereocenters. The minimum absolute atomic E-state index is 0.487. The molecule has 0 aliphatic carbocycles. The number of aliphatic carboxylic acids is 1. The molecule has 1 aliphatic heterocycles. The van der Waals surface area contributed by atoms with Crippen LogP contribution in [0.25, 0.3) is 0 Å². The predicted octanol–water partition coefficient (Wildman–Crippen LogP) is 0.0358. The third-order valence-corrected chi connectivity index (χ3v) is 2.31. The average Bonchev–Trinajstić information content (AvgIpc) is 2.04. The predicted molar refractivity (Wildman–Crippen MR) is 45.8 cm³/mol. The third-order valence-electron chi connectivity index (χ3n) is 2.31. The van der Waals surface area contributed by atoms with Gasteiger partial charge in [0.25, 0.3) is 0 Å². The van der Waals surface area contributed by atoms with Crippen molar-refractivity contribution in [3.05, 3.63) is 0 Å². The van der Waals surface area contributed by atoms with E-state index in [1.807, 2.05) is 0 Å². The van der Waals surface area contributed by atoms with Crippen LogP contribution in [0.3, 0.4) is 0 Å². The van der Waals surface area contributed by atoms with Crippen LogP contribution in [0.4, 0.5) is 0 Å². The van der Waals surface area contributed by atoms with E-state index in [0.29, 0.717) is 13.0 Å². The van der Waals surface area contributed by atoms with Crippen molar-refractivity contribution in [3.63, 3.8) is 0 Å². The first kappa shape index (κ1) is 9.54. The molecule has 4 nitrogen and oxygen atoms in total. The number of carboxylic acid groups (broad SMARTS) is 1. The molecule has 0 amide bonds. The van der Waals surface area contributed by atoms with Gasteiger partial charge in [-0.1, -0.05) is 6.42 Å². The van der Waals surface area contributed by atoms with Gasteiger partial charge in [-0.05, 0) is 26.2 Å². The second-order valence-corrected chi connectivity index (χ2v) is 3.22. The maximum absolute atomic E-state index is 10.7. The Morgan fingerprint density at radius 3 is 2.67 bits per heavy atom. The van der Waals surface area contributed by atoms with E-state index in [2.05, 4.69) is 0 Å². The number of carbonyl (C=O) groups is 1. The summed E-state index contributed by atoms with van der Waals surface area (Å²) in [6.07, 6.45) is 2.58. The molecule has 0 aromatic rings. The van der Waals surface area contributed by atoms with Crippen LogP contribution < -0.4 is 0 Å². The number of rotatable bonds is 2. The van der Waals surface area contributed by atoms with Gasteiger partial charge in [0.05, 0.1) is 0 Å². The lowest BCUT2D eigenvalue weighted by atomic mass is 9.80. The highest BCUT2D eigenvalue weighted by Gasteiger charge is 2.32. The van der Waals surface area contributed by atoms with Crippen LogP contribution in [0, 0.1) is 0 Å². The van der Waals surface area contributed by atoms with Gasteiger partial charge in [0.15, 0.2) is 0 Å². The van der Waals surface area contributed by atoms with Crippen molar-refractivity contribution in [2.45, 2.75) is 32.1 Å². The largest absolute Gasteiger partial charge is 0.480 e. The van der Waals surface area contributed by atoms with Gasteiger partial charge >= 0.3 is 13.0 Å². The van der Waals surface area contributed by atoms with Crippen LogP contribution in [0.15, 0.2) is 0 Å². The number of hydrogen-bond donors (Lipinski definition) is 2. The molecule has 1 heterocycles. The van der Waals surface area contributed by atoms with Crippen molar-refractivity contribution >= 4 is 13.0 Å². The molecule has 0 aromatic heterocycles. The summed E-state index contributed by atoms with van der Waals surface area (Å²) < 4.78 is 0. The van der Waals surface area contributed by atoms with Crippen molar-refractivity contribution in [2.75, 3.05) is 6.54 Å². The zero-order valence-corrected chi connectivity index (χ0v) is 7.23. The first-order chi connectivity index (χ1) is 5.63. The average molecular weight is 171 g/mol. The van der Waals surface area contributed by atoms with Crippen LogP contribution in [-0.2, 0) is 4.79 Å². The Hall–Kier alpha value is -0.545. The Bertz CT molecular complexity index is 174. The molecule has 0 saturated carbocycles. The van der Waals surface area contributed by atoms with E-state index in [0.717, 1.165) is 12.8 Å². The van der Waals surface area contributed by atoms with E-state index < -0.39 is 19.1 Å². The van der Waals surface area contributed by atoms with E-state index in [4.69, 9.17) is 5.11 Å². The molecule has 1 aliphatic rings. The maximum Gasteiger partial charge on any atom is 0.377 e. The van der Waals surface area contributed by atoms with Crippen molar-refractivity contribution in [3.8, 4) is 0 Å². The SMILES string of the molecule is CB(O)N1CCCC[C@H]1C(=O)O. The highest BCUT2D eigenvalue weighted by Crippen LogP contribution is 2.17. The van der Waals surface area contributed by atoms with Gasteiger partial charge in [0, 0.05) is 0 Å². The maximum atomic E-state index is 10.7. The van der Waals surface area contributed by atoms with Crippen LogP contribution in [0.2, 0.25) is 6.82 Å². The Morgan fingerprint density at radius 2 is 2.25 bits per heavy atom. The summed E-state index contributed by atoms with van der Waals surface area (Å²) in [7, 11) is -0.647. The molecule has 0 aromatic carbocycles. The van der Waals surface area contributed by atoms with E-state index >= 15 is 0 Å². The van der Waals surface area contributed by atoms with Crippen molar-refractivity contribution in [1.29, 1.82) is 0 Å². The first-order valence-corrected chi connectivity index (χ1v) is 4.29. The zero-order valence-electron chi connectivity index (χ0n) is 7.23. The third kappa shape index (κ3) is 1.98. The molecule has 0 unspecified atom stereocenters. The summed E-state index contributed by atoms with van der Waals surface area (Å²) in [5.74, 6) is -0.824. The lowest BCUT2D eigenvalue weighted by Gasteiger charge is -2.33. The van der Waals surface area contributed by atoms with Gasteiger partial charge in [-0.2, -0.15) is 0 Å².